The summed E-state index contributed by atoms with van der Waals surface area (Å²) in [5.74, 6) is 1.85. The number of para-hydroxylation sites is 2. The first-order valence-electron chi connectivity index (χ1n) is 8.15. The van der Waals surface area contributed by atoms with Crippen LogP contribution in [0, 0.1) is 0 Å². The largest absolute Gasteiger partial charge is 0.368 e. The van der Waals surface area contributed by atoms with Crippen molar-refractivity contribution in [3.8, 4) is 5.95 Å². The number of benzene rings is 2. The van der Waals surface area contributed by atoms with Crippen LogP contribution < -0.4 is 11.1 Å². The molecular formula is C18H16BrN7. The highest BCUT2D eigenvalue weighted by Gasteiger charge is 2.15. The minimum absolute atomic E-state index is 0.148. The first kappa shape index (κ1) is 16.5. The Hall–Kier alpha value is -3.00. The molecule has 3 N–H and O–H groups in total. The third kappa shape index (κ3) is 3.11. The molecule has 8 heteroatoms. The lowest BCUT2D eigenvalue weighted by Gasteiger charge is -2.10. The number of halogens is 1. The molecule has 130 valence electrons. The number of nitrogens with one attached hydrogen (secondary N) is 1. The van der Waals surface area contributed by atoms with E-state index in [1.807, 2.05) is 60.0 Å². The summed E-state index contributed by atoms with van der Waals surface area (Å²) in [5.41, 5.74) is 8.62. The van der Waals surface area contributed by atoms with Gasteiger partial charge in [0.1, 0.15) is 5.82 Å². The van der Waals surface area contributed by atoms with E-state index < -0.39 is 0 Å². The molecule has 0 radical (unpaired) electrons. The molecule has 0 bridgehead atoms. The highest BCUT2D eigenvalue weighted by atomic mass is 79.9. The van der Waals surface area contributed by atoms with Crippen LogP contribution in [0.4, 0.5) is 17.6 Å². The molecule has 2 aromatic heterocycles. The molecule has 0 aliphatic rings. The van der Waals surface area contributed by atoms with Gasteiger partial charge in [0.15, 0.2) is 0 Å². The second kappa shape index (κ2) is 6.72. The molecule has 0 spiro atoms. The number of anilines is 3. The van der Waals surface area contributed by atoms with Crippen molar-refractivity contribution < 1.29 is 0 Å². The van der Waals surface area contributed by atoms with E-state index in [1.165, 1.54) is 0 Å². The maximum absolute atomic E-state index is 5.94. The van der Waals surface area contributed by atoms with Crippen molar-refractivity contribution in [2.75, 3.05) is 11.1 Å². The molecule has 2 heterocycles. The van der Waals surface area contributed by atoms with Crippen LogP contribution in [-0.2, 0) is 6.42 Å². The quantitative estimate of drug-likeness (QED) is 0.531. The van der Waals surface area contributed by atoms with Gasteiger partial charge in [-0.2, -0.15) is 15.0 Å². The van der Waals surface area contributed by atoms with Gasteiger partial charge in [0.2, 0.25) is 17.8 Å². The summed E-state index contributed by atoms with van der Waals surface area (Å²) in [5, 5.41) is 3.16. The van der Waals surface area contributed by atoms with E-state index in [4.69, 9.17) is 5.73 Å². The smallest absolute Gasteiger partial charge is 0.242 e. The van der Waals surface area contributed by atoms with E-state index in [0.717, 1.165) is 33.4 Å². The molecule has 26 heavy (non-hydrogen) atoms. The zero-order valence-corrected chi connectivity index (χ0v) is 15.6. The normalized spacial score (nSPS) is 11.0. The van der Waals surface area contributed by atoms with Crippen LogP contribution >= 0.6 is 15.9 Å². The standard InChI is InChI=1S/C18H16BrN7/c1-2-15-22-13-5-3-4-6-14(13)26(15)18-24-16(20)23-17(25-18)21-12-9-7-11(19)8-10-12/h3-10H,2H2,1H3,(H3,20,21,23,24,25). The van der Waals surface area contributed by atoms with Gasteiger partial charge in [-0.3, -0.25) is 4.57 Å². The molecule has 0 atom stereocenters. The zero-order valence-electron chi connectivity index (χ0n) is 14.0. The van der Waals surface area contributed by atoms with Crippen molar-refractivity contribution in [3.05, 3.63) is 58.8 Å². The molecular weight excluding hydrogens is 394 g/mol. The Labute approximate surface area is 158 Å². The van der Waals surface area contributed by atoms with Gasteiger partial charge in [-0.25, -0.2) is 4.98 Å². The van der Waals surface area contributed by atoms with Gasteiger partial charge in [-0.15, -0.1) is 0 Å². The van der Waals surface area contributed by atoms with Gasteiger partial charge in [0.05, 0.1) is 11.0 Å². The van der Waals surface area contributed by atoms with Gasteiger partial charge in [-0.05, 0) is 36.4 Å². The van der Waals surface area contributed by atoms with Gasteiger partial charge in [-0.1, -0.05) is 35.0 Å². The molecule has 0 saturated heterocycles. The number of nitrogen functional groups attached to an aromatic ring is 1. The highest BCUT2D eigenvalue weighted by Crippen LogP contribution is 2.22. The Morgan fingerprint density at radius 2 is 1.77 bits per heavy atom. The summed E-state index contributed by atoms with van der Waals surface area (Å²) in [6.07, 6.45) is 0.746. The minimum Gasteiger partial charge on any atom is -0.368 e. The summed E-state index contributed by atoms with van der Waals surface area (Å²) in [6, 6.07) is 15.6. The van der Waals surface area contributed by atoms with Crippen molar-refractivity contribution in [2.24, 2.45) is 0 Å². The van der Waals surface area contributed by atoms with Crippen LogP contribution in [0.1, 0.15) is 12.7 Å². The second-order valence-electron chi connectivity index (χ2n) is 5.65. The second-order valence-corrected chi connectivity index (χ2v) is 6.57. The number of nitrogens with zero attached hydrogens (tertiary/aromatic N) is 5. The third-order valence-electron chi connectivity index (χ3n) is 3.89. The Morgan fingerprint density at radius 3 is 2.54 bits per heavy atom. The van der Waals surface area contributed by atoms with Crippen molar-refractivity contribution in [1.29, 1.82) is 0 Å². The zero-order chi connectivity index (χ0) is 18.1. The van der Waals surface area contributed by atoms with Crippen LogP contribution in [0.15, 0.2) is 53.0 Å². The molecule has 2 aromatic carbocycles. The Morgan fingerprint density at radius 1 is 1.00 bits per heavy atom. The SMILES string of the molecule is CCc1nc2ccccc2n1-c1nc(N)nc(Nc2ccc(Br)cc2)n1. The predicted octanol–water partition coefficient (Wildman–Crippen LogP) is 3.86. The van der Waals surface area contributed by atoms with Gasteiger partial charge >= 0.3 is 0 Å². The fourth-order valence-corrected chi connectivity index (χ4v) is 3.00. The average Bonchev–Trinajstić information content (AvgIpc) is 3.02. The van der Waals surface area contributed by atoms with E-state index in [-0.39, 0.29) is 5.95 Å². The van der Waals surface area contributed by atoms with Crippen molar-refractivity contribution in [3.63, 3.8) is 0 Å². The summed E-state index contributed by atoms with van der Waals surface area (Å²) < 4.78 is 2.91. The first-order valence-corrected chi connectivity index (χ1v) is 8.94. The Balaban J connectivity index is 1.80. The molecule has 4 aromatic rings. The lowest BCUT2D eigenvalue weighted by Crippen LogP contribution is -2.11. The molecule has 0 unspecified atom stereocenters. The van der Waals surface area contributed by atoms with E-state index in [1.54, 1.807) is 0 Å². The van der Waals surface area contributed by atoms with Crippen molar-refractivity contribution >= 4 is 44.5 Å². The van der Waals surface area contributed by atoms with Crippen LogP contribution in [0.25, 0.3) is 17.0 Å². The van der Waals surface area contributed by atoms with Gasteiger partial charge in [0.25, 0.3) is 0 Å². The molecule has 0 fully saturated rings. The molecule has 4 rings (SSSR count). The van der Waals surface area contributed by atoms with Crippen molar-refractivity contribution in [1.82, 2.24) is 24.5 Å². The molecule has 0 aliphatic carbocycles. The molecule has 7 nitrogen and oxygen atoms in total. The lowest BCUT2D eigenvalue weighted by molar-refractivity contribution is 0.845. The lowest BCUT2D eigenvalue weighted by atomic mass is 10.3. The van der Waals surface area contributed by atoms with Crippen LogP contribution in [0.5, 0.6) is 0 Å². The minimum atomic E-state index is 0.148. The number of imidazole rings is 1. The number of hydrogen-bond donors (Lipinski definition) is 2. The Kier molecular flexibility index (Phi) is 4.26. The first-order chi connectivity index (χ1) is 12.6. The number of aryl methyl sites for hydroxylation is 1. The highest BCUT2D eigenvalue weighted by molar-refractivity contribution is 9.10. The third-order valence-corrected chi connectivity index (χ3v) is 4.42. The number of rotatable bonds is 4. The monoisotopic (exact) mass is 409 g/mol. The van der Waals surface area contributed by atoms with Gasteiger partial charge in [0, 0.05) is 16.6 Å². The number of aromatic nitrogens is 5. The number of fused-ring (bicyclic) bond motifs is 1. The maximum Gasteiger partial charge on any atom is 0.242 e. The molecule has 0 amide bonds. The summed E-state index contributed by atoms with van der Waals surface area (Å²) in [4.78, 5) is 17.7. The van der Waals surface area contributed by atoms with E-state index in [2.05, 4.69) is 41.2 Å². The van der Waals surface area contributed by atoms with E-state index in [9.17, 15) is 0 Å². The molecule has 0 aliphatic heterocycles. The number of nitrogens with two attached hydrogens (primary N) is 1. The van der Waals surface area contributed by atoms with Crippen LogP contribution in [0.3, 0.4) is 0 Å². The molecule has 0 saturated carbocycles. The average molecular weight is 410 g/mol. The predicted molar refractivity (Wildman–Crippen MR) is 106 cm³/mol. The van der Waals surface area contributed by atoms with Crippen LogP contribution in [-0.4, -0.2) is 24.5 Å². The fraction of sp³-hybridized carbons (Fsp3) is 0.111. The fourth-order valence-electron chi connectivity index (χ4n) is 2.74. The van der Waals surface area contributed by atoms with Crippen LogP contribution in [0.2, 0.25) is 0 Å². The van der Waals surface area contributed by atoms with E-state index >= 15 is 0 Å². The van der Waals surface area contributed by atoms with E-state index in [0.29, 0.717) is 11.9 Å². The number of hydrogen-bond acceptors (Lipinski definition) is 6. The summed E-state index contributed by atoms with van der Waals surface area (Å²) >= 11 is 3.42. The van der Waals surface area contributed by atoms with Gasteiger partial charge < -0.3 is 11.1 Å². The topological polar surface area (TPSA) is 94.5 Å². The Bertz CT molecular complexity index is 1070. The summed E-state index contributed by atoms with van der Waals surface area (Å²) in [6.45, 7) is 2.04. The summed E-state index contributed by atoms with van der Waals surface area (Å²) in [7, 11) is 0. The maximum atomic E-state index is 5.94. The van der Waals surface area contributed by atoms with Crippen molar-refractivity contribution in [2.45, 2.75) is 13.3 Å².